The highest BCUT2D eigenvalue weighted by atomic mass is 35.5. The van der Waals surface area contributed by atoms with Gasteiger partial charge < -0.3 is 10.2 Å². The lowest BCUT2D eigenvalue weighted by molar-refractivity contribution is 0.584. The lowest BCUT2D eigenvalue weighted by atomic mass is 10.3. The minimum Gasteiger partial charge on any atom is -0.351 e. The molecule has 1 aliphatic carbocycles. The average Bonchev–Trinajstić information content (AvgIpc) is 3.04. The fourth-order valence-corrected chi connectivity index (χ4v) is 2.42. The van der Waals surface area contributed by atoms with Crippen LogP contribution in [-0.4, -0.2) is 36.4 Å². The number of nitrogens with zero attached hydrogens (tertiary/aromatic N) is 2. The Labute approximate surface area is 94.0 Å². The van der Waals surface area contributed by atoms with Gasteiger partial charge in [-0.05, 0) is 12.8 Å². The maximum atomic E-state index is 6.34. The summed E-state index contributed by atoms with van der Waals surface area (Å²) in [6.45, 7) is 4.02. The summed E-state index contributed by atoms with van der Waals surface area (Å²) >= 11 is 6.34. The van der Waals surface area contributed by atoms with Crippen LogP contribution in [0.2, 0.25) is 5.02 Å². The van der Waals surface area contributed by atoms with Crippen molar-refractivity contribution in [2.24, 2.45) is 0 Å². The van der Waals surface area contributed by atoms with Crippen LogP contribution in [0.1, 0.15) is 24.5 Å². The molecule has 1 saturated heterocycles. The molecule has 4 nitrogen and oxygen atoms in total. The van der Waals surface area contributed by atoms with Crippen LogP contribution in [0.15, 0.2) is 0 Å². The van der Waals surface area contributed by atoms with Crippen molar-refractivity contribution in [3.8, 4) is 0 Å². The van der Waals surface area contributed by atoms with E-state index in [9.17, 15) is 0 Å². The van der Waals surface area contributed by atoms with Gasteiger partial charge in [0.05, 0.1) is 5.69 Å². The van der Waals surface area contributed by atoms with Crippen LogP contribution in [0.5, 0.6) is 0 Å². The Morgan fingerprint density at radius 3 is 2.67 bits per heavy atom. The third-order valence-electron chi connectivity index (χ3n) is 3.12. The maximum Gasteiger partial charge on any atom is 0.169 e. The number of anilines is 1. The molecule has 0 spiro atoms. The van der Waals surface area contributed by atoms with E-state index in [-0.39, 0.29) is 0 Å². The van der Waals surface area contributed by atoms with E-state index in [0.29, 0.717) is 5.92 Å². The molecule has 1 aromatic rings. The predicted molar refractivity (Wildman–Crippen MR) is 60.7 cm³/mol. The Hall–Kier alpha value is -0.740. The van der Waals surface area contributed by atoms with Gasteiger partial charge in [-0.2, -0.15) is 5.10 Å². The first kappa shape index (κ1) is 9.48. The van der Waals surface area contributed by atoms with Crippen LogP contribution >= 0.6 is 11.6 Å². The van der Waals surface area contributed by atoms with Gasteiger partial charge in [-0.1, -0.05) is 11.6 Å². The van der Waals surface area contributed by atoms with Crippen molar-refractivity contribution in [1.82, 2.24) is 15.5 Å². The van der Waals surface area contributed by atoms with Gasteiger partial charge in [0.15, 0.2) is 5.82 Å². The molecule has 0 amide bonds. The average molecular weight is 227 g/mol. The summed E-state index contributed by atoms with van der Waals surface area (Å²) in [5, 5.41) is 11.6. The largest absolute Gasteiger partial charge is 0.351 e. The first-order valence-corrected chi connectivity index (χ1v) is 5.93. The zero-order chi connectivity index (χ0) is 10.3. The minimum atomic E-state index is 0.640. The Kier molecular flexibility index (Phi) is 2.33. The molecule has 2 N–H and O–H groups in total. The molecule has 1 aromatic heterocycles. The molecular formula is C10H15ClN4. The molecule has 0 unspecified atom stereocenters. The van der Waals surface area contributed by atoms with Gasteiger partial charge in [0.2, 0.25) is 0 Å². The Morgan fingerprint density at radius 2 is 2.00 bits per heavy atom. The van der Waals surface area contributed by atoms with E-state index in [1.54, 1.807) is 0 Å². The lowest BCUT2D eigenvalue weighted by Crippen LogP contribution is -2.43. The van der Waals surface area contributed by atoms with Gasteiger partial charge in [-0.25, -0.2) is 0 Å². The van der Waals surface area contributed by atoms with E-state index in [1.807, 2.05) is 0 Å². The monoisotopic (exact) mass is 226 g/mol. The summed E-state index contributed by atoms with van der Waals surface area (Å²) in [6.07, 6.45) is 2.51. The van der Waals surface area contributed by atoms with E-state index >= 15 is 0 Å². The third-order valence-corrected chi connectivity index (χ3v) is 3.49. The molecule has 3 rings (SSSR count). The zero-order valence-corrected chi connectivity index (χ0v) is 9.35. The first-order chi connectivity index (χ1) is 7.36. The molecule has 0 bridgehead atoms. The Balaban J connectivity index is 1.83. The highest BCUT2D eigenvalue weighted by molar-refractivity contribution is 6.33. The van der Waals surface area contributed by atoms with Gasteiger partial charge >= 0.3 is 0 Å². The topological polar surface area (TPSA) is 44.0 Å². The normalized spacial score (nSPS) is 22.1. The second kappa shape index (κ2) is 3.68. The molecule has 15 heavy (non-hydrogen) atoms. The van der Waals surface area contributed by atoms with E-state index in [1.165, 1.54) is 12.8 Å². The van der Waals surface area contributed by atoms with Gasteiger partial charge in [-0.15, -0.1) is 0 Å². The zero-order valence-electron chi connectivity index (χ0n) is 8.59. The van der Waals surface area contributed by atoms with E-state index in [2.05, 4.69) is 20.4 Å². The lowest BCUT2D eigenvalue weighted by Gasteiger charge is -2.27. The summed E-state index contributed by atoms with van der Waals surface area (Å²) in [4.78, 5) is 2.25. The molecule has 82 valence electrons. The molecule has 0 aromatic carbocycles. The number of aromatic nitrogens is 2. The van der Waals surface area contributed by atoms with E-state index < -0.39 is 0 Å². The smallest absolute Gasteiger partial charge is 0.169 e. The summed E-state index contributed by atoms with van der Waals surface area (Å²) in [6, 6.07) is 0. The van der Waals surface area contributed by atoms with E-state index in [0.717, 1.165) is 42.7 Å². The molecule has 2 aliphatic rings. The number of rotatable bonds is 2. The SMILES string of the molecule is Clc1c(N2CCNCC2)n[nH]c1C1CC1. The van der Waals surface area contributed by atoms with Crippen molar-refractivity contribution in [3.05, 3.63) is 10.7 Å². The summed E-state index contributed by atoms with van der Waals surface area (Å²) in [5.74, 6) is 1.58. The fraction of sp³-hybridized carbons (Fsp3) is 0.700. The third kappa shape index (κ3) is 1.72. The van der Waals surface area contributed by atoms with Crippen LogP contribution in [-0.2, 0) is 0 Å². The quantitative estimate of drug-likeness (QED) is 0.800. The minimum absolute atomic E-state index is 0.640. The molecule has 0 radical (unpaired) electrons. The predicted octanol–water partition coefficient (Wildman–Crippen LogP) is 1.35. The van der Waals surface area contributed by atoms with Crippen molar-refractivity contribution in [2.75, 3.05) is 31.1 Å². The second-order valence-corrected chi connectivity index (χ2v) is 4.66. The molecule has 1 saturated carbocycles. The van der Waals surface area contributed by atoms with Crippen molar-refractivity contribution in [3.63, 3.8) is 0 Å². The number of piperazine rings is 1. The number of nitrogens with one attached hydrogen (secondary N) is 2. The van der Waals surface area contributed by atoms with Crippen molar-refractivity contribution in [2.45, 2.75) is 18.8 Å². The maximum absolute atomic E-state index is 6.34. The van der Waals surface area contributed by atoms with Gasteiger partial charge in [0.25, 0.3) is 0 Å². The summed E-state index contributed by atoms with van der Waals surface area (Å²) < 4.78 is 0. The highest BCUT2D eigenvalue weighted by Gasteiger charge is 2.30. The molecule has 0 atom stereocenters. The van der Waals surface area contributed by atoms with Crippen LogP contribution < -0.4 is 10.2 Å². The number of aromatic amines is 1. The molecule has 2 heterocycles. The number of hydrogen-bond donors (Lipinski definition) is 2. The van der Waals surface area contributed by atoms with Crippen molar-refractivity contribution >= 4 is 17.4 Å². The van der Waals surface area contributed by atoms with Gasteiger partial charge in [0.1, 0.15) is 5.02 Å². The molecule has 2 fully saturated rings. The number of halogens is 1. The number of H-pyrrole nitrogens is 1. The molecule has 1 aliphatic heterocycles. The van der Waals surface area contributed by atoms with Crippen molar-refractivity contribution < 1.29 is 0 Å². The number of hydrogen-bond acceptors (Lipinski definition) is 3. The van der Waals surface area contributed by atoms with Crippen LogP contribution in [0.25, 0.3) is 0 Å². The molecule has 5 heteroatoms. The van der Waals surface area contributed by atoms with Crippen LogP contribution in [0.3, 0.4) is 0 Å². The summed E-state index contributed by atoms with van der Waals surface area (Å²) in [5.41, 5.74) is 1.14. The van der Waals surface area contributed by atoms with Crippen LogP contribution in [0.4, 0.5) is 5.82 Å². The Morgan fingerprint density at radius 1 is 1.27 bits per heavy atom. The molecular weight excluding hydrogens is 212 g/mol. The standard InChI is InChI=1S/C10H15ClN4/c11-8-9(7-1-2-7)13-14-10(8)15-5-3-12-4-6-15/h7,12H,1-6H2,(H,13,14). The summed E-state index contributed by atoms with van der Waals surface area (Å²) in [7, 11) is 0. The van der Waals surface area contributed by atoms with Gasteiger partial charge in [0, 0.05) is 32.1 Å². The first-order valence-electron chi connectivity index (χ1n) is 5.55. The Bertz CT molecular complexity index is 352. The van der Waals surface area contributed by atoms with E-state index in [4.69, 9.17) is 11.6 Å². The second-order valence-electron chi connectivity index (χ2n) is 4.29. The fourth-order valence-electron chi connectivity index (χ4n) is 2.06. The van der Waals surface area contributed by atoms with Gasteiger partial charge in [-0.3, -0.25) is 5.10 Å². The van der Waals surface area contributed by atoms with Crippen LogP contribution in [0, 0.1) is 0 Å². The highest BCUT2D eigenvalue weighted by Crippen LogP contribution is 2.44. The van der Waals surface area contributed by atoms with Crippen molar-refractivity contribution in [1.29, 1.82) is 0 Å².